The second kappa shape index (κ2) is 16.8. The molecule has 3 heterocycles. The summed E-state index contributed by atoms with van der Waals surface area (Å²) in [6, 6.07) is 0. The summed E-state index contributed by atoms with van der Waals surface area (Å²) in [7, 11) is 0. The van der Waals surface area contributed by atoms with Crippen LogP contribution in [0.1, 0.15) is 0 Å². The number of hydrogen-bond donors (Lipinski definition) is 0. The first-order chi connectivity index (χ1) is 17.9. The molecule has 0 fully saturated rings. The Balaban J connectivity index is 1.69. The summed E-state index contributed by atoms with van der Waals surface area (Å²) in [5, 5.41) is 0. The van der Waals surface area contributed by atoms with Crippen molar-refractivity contribution in [3.05, 3.63) is 194 Å². The van der Waals surface area contributed by atoms with Crippen LogP contribution >= 0.6 is 0 Å². The molecule has 180 valence electrons. The minimum Gasteiger partial charge on any atom is -0.495 e. The molecule has 3 nitrogen and oxygen atoms in total. The Morgan fingerprint density at radius 2 is 1.03 bits per heavy atom. The third kappa shape index (κ3) is 10.9. The first-order valence-electron chi connectivity index (χ1n) is 11.8. The van der Waals surface area contributed by atoms with Crippen molar-refractivity contribution in [2.24, 2.45) is 0 Å². The van der Waals surface area contributed by atoms with Crippen LogP contribution in [0, 0.1) is 0 Å². The van der Waals surface area contributed by atoms with Gasteiger partial charge in [-0.05, 0) is 42.5 Å². The van der Waals surface area contributed by atoms with Gasteiger partial charge in [0.1, 0.15) is 24.4 Å². The maximum atomic E-state index is 5.95. The molecule has 0 aromatic rings. The highest BCUT2D eigenvalue weighted by Crippen LogP contribution is 2.18. The normalized spacial score (nSPS) is 24.7. The van der Waals surface area contributed by atoms with Gasteiger partial charge < -0.3 is 14.4 Å². The molecule has 0 aliphatic carbocycles. The van der Waals surface area contributed by atoms with E-state index in [2.05, 4.69) is 0 Å². The number of allylic oxidation sites excluding steroid dienone is 25. The van der Waals surface area contributed by atoms with Gasteiger partial charge in [-0.15, -0.1) is 0 Å². The molecule has 3 heteroatoms. The molecule has 3 aliphatic heterocycles. The molecule has 0 saturated carbocycles. The van der Waals surface area contributed by atoms with Crippen molar-refractivity contribution in [1.82, 2.24) is 4.90 Å². The maximum absolute atomic E-state index is 5.95. The number of hydrogen-bond acceptors (Lipinski definition) is 3. The van der Waals surface area contributed by atoms with Gasteiger partial charge in [0.05, 0.1) is 5.70 Å². The van der Waals surface area contributed by atoms with Crippen LogP contribution in [0.25, 0.3) is 0 Å². The molecule has 36 heavy (non-hydrogen) atoms. The number of fused-ring (bicyclic) bond motifs is 3. The highest BCUT2D eigenvalue weighted by Gasteiger charge is 2.06. The summed E-state index contributed by atoms with van der Waals surface area (Å²) in [5.41, 5.74) is 0.923. The Labute approximate surface area is 214 Å². The summed E-state index contributed by atoms with van der Waals surface area (Å²) in [6.45, 7) is 0.482. The van der Waals surface area contributed by atoms with Gasteiger partial charge in [-0.3, -0.25) is 0 Å². The summed E-state index contributed by atoms with van der Waals surface area (Å²) in [4.78, 5) is 1.98. The maximum Gasteiger partial charge on any atom is 0.128 e. The van der Waals surface area contributed by atoms with E-state index in [0.29, 0.717) is 6.61 Å². The molecule has 3 rings (SSSR count). The molecule has 2 bridgehead atoms. The Morgan fingerprint density at radius 3 is 1.69 bits per heavy atom. The van der Waals surface area contributed by atoms with Crippen LogP contribution in [0.4, 0.5) is 0 Å². The lowest BCUT2D eigenvalue weighted by Crippen LogP contribution is -2.10. The molecule has 0 amide bonds. The Kier molecular flexibility index (Phi) is 12.1. The highest BCUT2D eigenvalue weighted by molar-refractivity contribution is 5.35. The van der Waals surface area contributed by atoms with Gasteiger partial charge in [-0.1, -0.05) is 115 Å². The summed E-state index contributed by atoms with van der Waals surface area (Å²) in [5.74, 6) is 1.52. The molecular formula is C33H31NO2. The predicted octanol–water partition coefficient (Wildman–Crippen LogP) is 8.12. The van der Waals surface area contributed by atoms with E-state index in [0.717, 1.165) is 17.2 Å². The molecule has 0 aromatic carbocycles. The Morgan fingerprint density at radius 1 is 0.472 bits per heavy atom. The Bertz CT molecular complexity index is 1200. The van der Waals surface area contributed by atoms with Gasteiger partial charge in [0.2, 0.25) is 0 Å². The molecule has 0 atom stereocenters. The zero-order chi connectivity index (χ0) is 24.9. The van der Waals surface area contributed by atoms with Crippen LogP contribution in [0.2, 0.25) is 0 Å². The van der Waals surface area contributed by atoms with Gasteiger partial charge >= 0.3 is 0 Å². The second-order valence-electron chi connectivity index (χ2n) is 7.41. The van der Waals surface area contributed by atoms with Crippen molar-refractivity contribution < 1.29 is 9.47 Å². The van der Waals surface area contributed by atoms with E-state index in [1.54, 1.807) is 6.26 Å². The summed E-state index contributed by atoms with van der Waals surface area (Å²) in [6.07, 6.45) is 56.9. The third-order valence-electron chi connectivity index (χ3n) is 4.65. The largest absolute Gasteiger partial charge is 0.495 e. The molecule has 0 N–H and O–H groups in total. The SMILES string of the molecule is C1=C\C=C/C=C/C=C\C=C\C=C\C=C/COC=C2C=CC=CN2C=CC2=CC=CC(=C/C=C/C=C1)O2. The first-order valence-corrected chi connectivity index (χ1v) is 11.8. The van der Waals surface area contributed by atoms with E-state index in [9.17, 15) is 0 Å². The van der Waals surface area contributed by atoms with E-state index in [1.807, 2.05) is 175 Å². The van der Waals surface area contributed by atoms with Gasteiger partial charge in [-0.25, -0.2) is 0 Å². The predicted molar refractivity (Wildman–Crippen MR) is 152 cm³/mol. The van der Waals surface area contributed by atoms with Crippen LogP contribution in [0.15, 0.2) is 194 Å². The minimum atomic E-state index is 0.482. The zero-order valence-corrected chi connectivity index (χ0v) is 20.2. The molecule has 0 aromatic heterocycles. The van der Waals surface area contributed by atoms with E-state index < -0.39 is 0 Å². The van der Waals surface area contributed by atoms with Crippen molar-refractivity contribution in [3.8, 4) is 0 Å². The highest BCUT2D eigenvalue weighted by atomic mass is 16.5. The number of rotatable bonds is 0. The average molecular weight is 474 g/mol. The molecule has 3 aliphatic rings. The van der Waals surface area contributed by atoms with Gasteiger partial charge in [0, 0.05) is 12.4 Å². The first kappa shape index (κ1) is 25.9. The smallest absolute Gasteiger partial charge is 0.128 e. The van der Waals surface area contributed by atoms with Crippen LogP contribution in [-0.4, -0.2) is 11.5 Å². The second-order valence-corrected chi connectivity index (χ2v) is 7.41. The van der Waals surface area contributed by atoms with Gasteiger partial charge in [0.15, 0.2) is 0 Å². The van der Waals surface area contributed by atoms with E-state index >= 15 is 0 Å². The third-order valence-corrected chi connectivity index (χ3v) is 4.65. The van der Waals surface area contributed by atoms with E-state index in [-0.39, 0.29) is 0 Å². The van der Waals surface area contributed by atoms with Gasteiger partial charge in [0.25, 0.3) is 0 Å². The zero-order valence-electron chi connectivity index (χ0n) is 20.2. The van der Waals surface area contributed by atoms with Crippen LogP contribution in [0.5, 0.6) is 0 Å². The van der Waals surface area contributed by atoms with Crippen LogP contribution in [-0.2, 0) is 9.47 Å². The van der Waals surface area contributed by atoms with E-state index in [4.69, 9.17) is 9.47 Å². The average Bonchev–Trinajstić information content (AvgIpc) is 2.90. The van der Waals surface area contributed by atoms with Crippen molar-refractivity contribution in [3.63, 3.8) is 0 Å². The number of nitrogens with zero attached hydrogens (tertiary/aromatic N) is 1. The fourth-order valence-electron chi connectivity index (χ4n) is 2.92. The van der Waals surface area contributed by atoms with Gasteiger partial charge in [-0.2, -0.15) is 0 Å². The van der Waals surface area contributed by atoms with E-state index in [1.165, 1.54) is 0 Å². The quantitative estimate of drug-likeness (QED) is 0.355. The topological polar surface area (TPSA) is 21.7 Å². The number of ether oxygens (including phenoxy) is 2. The molecule has 0 radical (unpaired) electrons. The molecule has 0 spiro atoms. The lowest BCUT2D eigenvalue weighted by molar-refractivity contribution is 0.281. The van der Waals surface area contributed by atoms with Crippen LogP contribution < -0.4 is 0 Å². The summed E-state index contributed by atoms with van der Waals surface area (Å²) >= 11 is 0. The fraction of sp³-hybridized carbons (Fsp3) is 0.0303. The van der Waals surface area contributed by atoms with Crippen molar-refractivity contribution in [2.75, 3.05) is 6.61 Å². The van der Waals surface area contributed by atoms with Crippen molar-refractivity contribution in [1.29, 1.82) is 0 Å². The lowest BCUT2D eigenvalue weighted by Gasteiger charge is -2.19. The molecule has 0 saturated heterocycles. The van der Waals surface area contributed by atoms with Crippen molar-refractivity contribution >= 4 is 0 Å². The Hall–Kier alpha value is -4.76. The lowest BCUT2D eigenvalue weighted by atomic mass is 10.2. The summed E-state index contributed by atoms with van der Waals surface area (Å²) < 4.78 is 11.7. The standard InChI is InChI=1S/C33H31NO2/c1-2-4-6-8-10-12-14-16-20-29-35-30-31-22-18-19-27-34(31)28-26-33-25-21-24-32(36-33)23-17-15-13-11-9-7-5-3-1/h1-28,30H,29H2/b2-1+,5-3-,6-4-,9-7?,10-8+,13-11?,14-12+,17-15+,20-16-,28-26?,31-30?,32-23?. The van der Waals surface area contributed by atoms with Crippen LogP contribution in [0.3, 0.4) is 0 Å². The van der Waals surface area contributed by atoms with Crippen molar-refractivity contribution in [2.45, 2.75) is 0 Å². The fourth-order valence-corrected chi connectivity index (χ4v) is 2.92. The molecular weight excluding hydrogens is 442 g/mol. The monoisotopic (exact) mass is 473 g/mol. The minimum absolute atomic E-state index is 0.482. The molecule has 0 unspecified atom stereocenters.